The van der Waals surface area contributed by atoms with Crippen molar-refractivity contribution in [3.63, 3.8) is 0 Å². The maximum atomic E-state index is 12.9. The Morgan fingerprint density at radius 3 is 2.68 bits per heavy atom. The second-order valence-electron chi connectivity index (χ2n) is 5.32. The summed E-state index contributed by atoms with van der Waals surface area (Å²) in [5, 5.41) is 3.56. The molecule has 0 aliphatic carbocycles. The monoisotopic (exact) mass is 404 g/mol. The van der Waals surface area contributed by atoms with Crippen molar-refractivity contribution in [2.75, 3.05) is 5.73 Å². The van der Waals surface area contributed by atoms with Crippen LogP contribution in [-0.2, 0) is 0 Å². The summed E-state index contributed by atoms with van der Waals surface area (Å²) >= 11 is 15.0. The Kier molecular flexibility index (Phi) is 4.25. The van der Waals surface area contributed by atoms with Crippen molar-refractivity contribution in [3.05, 3.63) is 68.3 Å². The number of pyridine rings is 1. The molecule has 4 rings (SSSR count). The Morgan fingerprint density at radius 2 is 1.96 bits per heavy atom. The molecule has 3 heterocycles. The number of thiophene rings is 2. The van der Waals surface area contributed by atoms with Crippen molar-refractivity contribution in [1.82, 2.24) is 4.98 Å². The molecule has 0 saturated carbocycles. The van der Waals surface area contributed by atoms with Gasteiger partial charge in [-0.05, 0) is 41.8 Å². The number of nitrogen functional groups attached to an aromatic ring is 1. The molecule has 0 bridgehead atoms. The minimum absolute atomic E-state index is 0.222. The van der Waals surface area contributed by atoms with Crippen LogP contribution in [0, 0.1) is 0 Å². The summed E-state index contributed by atoms with van der Waals surface area (Å²) in [7, 11) is 0. The molecule has 7 heteroatoms. The molecule has 2 N–H and O–H groups in total. The summed E-state index contributed by atoms with van der Waals surface area (Å²) in [6.45, 7) is 0. The summed E-state index contributed by atoms with van der Waals surface area (Å²) in [4.78, 5) is 19.8. The molecule has 0 amide bonds. The number of benzene rings is 1. The number of carbonyl (C=O) groups is 1. The molecule has 0 atom stereocenters. The van der Waals surface area contributed by atoms with E-state index in [1.165, 1.54) is 11.3 Å². The van der Waals surface area contributed by atoms with Gasteiger partial charge in [0, 0.05) is 16.0 Å². The fraction of sp³-hybridized carbons (Fsp3) is 0. The van der Waals surface area contributed by atoms with E-state index in [-0.39, 0.29) is 5.78 Å². The Morgan fingerprint density at radius 1 is 1.12 bits per heavy atom. The molecule has 0 saturated heterocycles. The largest absolute Gasteiger partial charge is 0.397 e. The number of carbonyl (C=O) groups excluding carboxylic acids is 1. The average Bonchev–Trinajstić information content (AvgIpc) is 3.22. The number of rotatable bonds is 3. The van der Waals surface area contributed by atoms with Gasteiger partial charge < -0.3 is 5.73 Å². The number of nitrogens with two attached hydrogens (primary N) is 1. The van der Waals surface area contributed by atoms with Crippen LogP contribution in [-0.4, -0.2) is 10.8 Å². The molecular weight excluding hydrogens is 395 g/mol. The van der Waals surface area contributed by atoms with Gasteiger partial charge in [0.25, 0.3) is 0 Å². The van der Waals surface area contributed by atoms with Crippen molar-refractivity contribution >= 4 is 67.6 Å². The number of hydrogen-bond acceptors (Lipinski definition) is 5. The number of hydrogen-bond donors (Lipinski definition) is 1. The smallest absolute Gasteiger partial charge is 0.206 e. The van der Waals surface area contributed by atoms with Crippen molar-refractivity contribution in [3.8, 4) is 10.6 Å². The second kappa shape index (κ2) is 6.42. The highest BCUT2D eigenvalue weighted by Crippen LogP contribution is 2.37. The lowest BCUT2D eigenvalue weighted by Gasteiger charge is -2.03. The molecule has 0 radical (unpaired) electrons. The molecule has 3 aromatic heterocycles. The standard InChI is InChI=1S/C18H10Cl2N2OS2/c19-9-3-4-10(12(20)8-9)16(23)17-15(21)11-5-6-13(22-18(11)25-17)14-2-1-7-24-14/h1-8H,21H2. The first-order valence-corrected chi connectivity index (χ1v) is 9.72. The van der Waals surface area contributed by atoms with Crippen LogP contribution in [0.25, 0.3) is 20.8 Å². The van der Waals surface area contributed by atoms with Crippen molar-refractivity contribution in [2.24, 2.45) is 0 Å². The predicted octanol–water partition coefficient (Wildman–Crippen LogP) is 6.14. The maximum absolute atomic E-state index is 12.9. The predicted molar refractivity (Wildman–Crippen MR) is 107 cm³/mol. The highest BCUT2D eigenvalue weighted by molar-refractivity contribution is 7.21. The Labute approximate surface area is 161 Å². The van der Waals surface area contributed by atoms with E-state index in [9.17, 15) is 4.79 Å². The molecule has 0 unspecified atom stereocenters. The molecule has 0 fully saturated rings. The van der Waals surface area contributed by atoms with E-state index in [1.54, 1.807) is 29.5 Å². The maximum Gasteiger partial charge on any atom is 0.206 e. The van der Waals surface area contributed by atoms with Crippen LogP contribution in [0.2, 0.25) is 10.0 Å². The highest BCUT2D eigenvalue weighted by Gasteiger charge is 2.21. The molecule has 0 spiro atoms. The van der Waals surface area contributed by atoms with Crippen LogP contribution in [0.4, 0.5) is 5.69 Å². The molecule has 3 nitrogen and oxygen atoms in total. The zero-order chi connectivity index (χ0) is 17.6. The molecule has 0 aliphatic heterocycles. The molecule has 1 aromatic carbocycles. The van der Waals surface area contributed by atoms with Crippen LogP contribution in [0.3, 0.4) is 0 Å². The lowest BCUT2D eigenvalue weighted by Crippen LogP contribution is -2.02. The summed E-state index contributed by atoms with van der Waals surface area (Å²) < 4.78 is 0. The minimum atomic E-state index is -0.222. The topological polar surface area (TPSA) is 56.0 Å². The van der Waals surface area contributed by atoms with Gasteiger partial charge in [0.2, 0.25) is 5.78 Å². The zero-order valence-electron chi connectivity index (χ0n) is 12.6. The first-order chi connectivity index (χ1) is 12.0. The fourth-order valence-electron chi connectivity index (χ4n) is 2.52. The van der Waals surface area contributed by atoms with Gasteiger partial charge in [-0.3, -0.25) is 4.79 Å². The van der Waals surface area contributed by atoms with Gasteiger partial charge in [-0.15, -0.1) is 22.7 Å². The van der Waals surface area contributed by atoms with E-state index in [1.807, 2.05) is 29.6 Å². The zero-order valence-corrected chi connectivity index (χ0v) is 15.8. The van der Waals surface area contributed by atoms with Crippen molar-refractivity contribution in [1.29, 1.82) is 0 Å². The third-order valence-corrected chi connectivity index (χ3v) is 6.30. The molecule has 25 heavy (non-hydrogen) atoms. The Bertz CT molecular complexity index is 1100. The number of ketones is 1. The fourth-order valence-corrected chi connectivity index (χ4v) is 4.76. The van der Waals surface area contributed by atoms with Gasteiger partial charge in [-0.2, -0.15) is 0 Å². The molecule has 124 valence electrons. The van der Waals surface area contributed by atoms with Crippen molar-refractivity contribution < 1.29 is 4.79 Å². The number of halogens is 2. The Hall–Kier alpha value is -1.92. The van der Waals surface area contributed by atoms with Crippen LogP contribution in [0.5, 0.6) is 0 Å². The minimum Gasteiger partial charge on any atom is -0.397 e. The third-order valence-electron chi connectivity index (χ3n) is 3.75. The quantitative estimate of drug-likeness (QED) is 0.416. The lowest BCUT2D eigenvalue weighted by molar-refractivity contribution is 0.104. The lowest BCUT2D eigenvalue weighted by atomic mass is 10.1. The first-order valence-electron chi connectivity index (χ1n) is 7.27. The van der Waals surface area contributed by atoms with E-state index in [2.05, 4.69) is 4.98 Å². The van der Waals surface area contributed by atoms with Gasteiger partial charge >= 0.3 is 0 Å². The van der Waals surface area contributed by atoms with Crippen LogP contribution in [0.15, 0.2) is 47.8 Å². The molecular formula is C18H10Cl2N2OS2. The summed E-state index contributed by atoms with van der Waals surface area (Å²) in [5.41, 5.74) is 7.89. The normalized spacial score (nSPS) is 11.1. The Balaban J connectivity index is 1.82. The highest BCUT2D eigenvalue weighted by atomic mass is 35.5. The third kappa shape index (κ3) is 2.93. The van der Waals surface area contributed by atoms with Crippen LogP contribution < -0.4 is 5.73 Å². The van der Waals surface area contributed by atoms with Crippen LogP contribution >= 0.6 is 45.9 Å². The van der Waals surface area contributed by atoms with Crippen molar-refractivity contribution in [2.45, 2.75) is 0 Å². The number of fused-ring (bicyclic) bond motifs is 1. The van der Waals surface area contributed by atoms with Gasteiger partial charge in [0.05, 0.1) is 21.3 Å². The second-order valence-corrected chi connectivity index (χ2v) is 8.12. The van der Waals surface area contributed by atoms with E-state index in [0.29, 0.717) is 26.2 Å². The summed E-state index contributed by atoms with van der Waals surface area (Å²) in [5.74, 6) is -0.222. The molecule has 4 aromatic rings. The average molecular weight is 405 g/mol. The van der Waals surface area contributed by atoms with Gasteiger partial charge in [0.15, 0.2) is 0 Å². The van der Waals surface area contributed by atoms with Gasteiger partial charge in [-0.1, -0.05) is 29.3 Å². The van der Waals surface area contributed by atoms with E-state index in [0.717, 1.165) is 20.8 Å². The summed E-state index contributed by atoms with van der Waals surface area (Å²) in [6, 6.07) is 12.6. The SMILES string of the molecule is Nc1c(C(=O)c2ccc(Cl)cc2Cl)sc2nc(-c3cccs3)ccc12. The van der Waals surface area contributed by atoms with E-state index >= 15 is 0 Å². The molecule has 0 aliphatic rings. The number of aromatic nitrogens is 1. The number of anilines is 1. The van der Waals surface area contributed by atoms with Gasteiger partial charge in [-0.25, -0.2) is 4.98 Å². The number of nitrogens with zero attached hydrogens (tertiary/aromatic N) is 1. The van der Waals surface area contributed by atoms with Gasteiger partial charge in [0.1, 0.15) is 9.71 Å². The van der Waals surface area contributed by atoms with Crippen LogP contribution in [0.1, 0.15) is 15.2 Å². The summed E-state index contributed by atoms with van der Waals surface area (Å²) in [6.07, 6.45) is 0. The first kappa shape index (κ1) is 16.5. The van der Waals surface area contributed by atoms with E-state index in [4.69, 9.17) is 28.9 Å². The van der Waals surface area contributed by atoms with E-state index < -0.39 is 0 Å².